The average Bonchev–Trinajstić information content (AvgIpc) is 3.06. The van der Waals surface area contributed by atoms with Gasteiger partial charge in [-0.05, 0) is 61.6 Å². The lowest BCUT2D eigenvalue weighted by molar-refractivity contribution is 0.272. The van der Waals surface area contributed by atoms with Crippen LogP contribution in [0.5, 0.6) is 5.75 Å². The maximum atomic E-state index is 12.6. The minimum Gasteiger partial charge on any atom is -0.491 e. The third-order valence-corrected chi connectivity index (χ3v) is 7.86. The van der Waals surface area contributed by atoms with E-state index in [4.69, 9.17) is 4.74 Å². The summed E-state index contributed by atoms with van der Waals surface area (Å²) in [5, 5.41) is 0. The van der Waals surface area contributed by atoms with E-state index in [0.717, 1.165) is 24.1 Å². The zero-order chi connectivity index (χ0) is 19.7. The van der Waals surface area contributed by atoms with Gasteiger partial charge in [-0.15, -0.1) is 0 Å². The summed E-state index contributed by atoms with van der Waals surface area (Å²) in [6.45, 7) is 5.36. The number of likely N-dealkylation sites (N-methyl/N-ethyl adjacent to an activating group) is 1. The normalized spacial score (nSPS) is 22.4. The van der Waals surface area contributed by atoms with Gasteiger partial charge in [0, 0.05) is 26.2 Å². The molecule has 0 N–H and O–H groups in total. The van der Waals surface area contributed by atoms with Crippen LogP contribution in [-0.2, 0) is 16.4 Å². The molecule has 6 heteroatoms. The van der Waals surface area contributed by atoms with Gasteiger partial charge in [0.2, 0.25) is 10.0 Å². The Morgan fingerprint density at radius 1 is 1.07 bits per heavy atom. The minimum atomic E-state index is -3.48. The quantitative estimate of drug-likeness (QED) is 0.789. The van der Waals surface area contributed by atoms with Crippen molar-refractivity contribution in [1.29, 1.82) is 0 Å². The third kappa shape index (κ3) is 3.81. The van der Waals surface area contributed by atoms with Crippen molar-refractivity contribution < 1.29 is 13.2 Å². The molecule has 150 valence electrons. The molecule has 2 aromatic carbocycles. The van der Waals surface area contributed by atoms with Crippen LogP contribution in [0.15, 0.2) is 47.4 Å². The summed E-state index contributed by atoms with van der Waals surface area (Å²) in [5.74, 6) is 0.439. The van der Waals surface area contributed by atoms with E-state index in [1.807, 2.05) is 12.1 Å². The second kappa shape index (κ2) is 7.85. The lowest BCUT2D eigenvalue weighted by atomic mass is 10.0. The van der Waals surface area contributed by atoms with E-state index in [-0.39, 0.29) is 4.90 Å². The molecule has 0 radical (unpaired) electrons. The van der Waals surface area contributed by atoms with Gasteiger partial charge < -0.3 is 9.64 Å². The van der Waals surface area contributed by atoms with E-state index in [9.17, 15) is 8.42 Å². The van der Waals surface area contributed by atoms with E-state index in [0.29, 0.717) is 24.9 Å². The lowest BCUT2D eigenvalue weighted by Gasteiger charge is -2.20. The van der Waals surface area contributed by atoms with Crippen LogP contribution in [0.1, 0.15) is 25.3 Å². The second-order valence-corrected chi connectivity index (χ2v) is 9.82. The number of rotatable bonds is 4. The van der Waals surface area contributed by atoms with E-state index in [1.54, 1.807) is 13.1 Å². The molecule has 0 spiro atoms. The SMILES string of the molecule is C[C@@H]1CCCN1CCc1ccc(-c2ccc3c(c2)OCCN(C)S3(=O)=O)cc1. The van der Waals surface area contributed by atoms with Crippen LogP contribution >= 0.6 is 0 Å². The van der Waals surface area contributed by atoms with Crippen molar-refractivity contribution in [3.8, 4) is 16.9 Å². The maximum absolute atomic E-state index is 12.6. The molecular weight excluding hydrogens is 372 g/mol. The van der Waals surface area contributed by atoms with Gasteiger partial charge in [-0.2, -0.15) is 4.31 Å². The first-order valence-electron chi connectivity index (χ1n) is 10.0. The third-order valence-electron chi connectivity index (χ3n) is 5.96. The number of likely N-dealkylation sites (tertiary alicyclic amines) is 1. The van der Waals surface area contributed by atoms with Crippen molar-refractivity contribution in [1.82, 2.24) is 9.21 Å². The molecule has 28 heavy (non-hydrogen) atoms. The second-order valence-electron chi connectivity index (χ2n) is 7.81. The van der Waals surface area contributed by atoms with E-state index in [1.165, 1.54) is 29.3 Å². The Morgan fingerprint density at radius 2 is 1.82 bits per heavy atom. The number of benzene rings is 2. The van der Waals surface area contributed by atoms with Crippen LogP contribution in [0.25, 0.3) is 11.1 Å². The summed E-state index contributed by atoms with van der Waals surface area (Å²) in [4.78, 5) is 2.81. The Morgan fingerprint density at radius 3 is 2.54 bits per heavy atom. The number of ether oxygens (including phenoxy) is 1. The van der Waals surface area contributed by atoms with E-state index < -0.39 is 10.0 Å². The average molecular weight is 401 g/mol. The Balaban J connectivity index is 1.51. The van der Waals surface area contributed by atoms with Gasteiger partial charge in [-0.1, -0.05) is 30.3 Å². The molecule has 2 aliphatic heterocycles. The van der Waals surface area contributed by atoms with Gasteiger partial charge in [-0.25, -0.2) is 8.42 Å². The molecular formula is C22H28N2O3S. The van der Waals surface area contributed by atoms with Gasteiger partial charge >= 0.3 is 0 Å². The van der Waals surface area contributed by atoms with Crippen molar-refractivity contribution in [2.24, 2.45) is 0 Å². The van der Waals surface area contributed by atoms with Crippen molar-refractivity contribution >= 4 is 10.0 Å². The lowest BCUT2D eigenvalue weighted by Crippen LogP contribution is -2.28. The number of hydrogen-bond acceptors (Lipinski definition) is 4. The molecule has 0 aliphatic carbocycles. The molecule has 5 nitrogen and oxygen atoms in total. The molecule has 0 amide bonds. The van der Waals surface area contributed by atoms with Gasteiger partial charge in [0.1, 0.15) is 17.3 Å². The van der Waals surface area contributed by atoms with Gasteiger partial charge in [0.05, 0.1) is 0 Å². The number of nitrogens with zero attached hydrogens (tertiary/aromatic N) is 2. The molecule has 0 saturated carbocycles. The van der Waals surface area contributed by atoms with E-state index >= 15 is 0 Å². The monoisotopic (exact) mass is 400 g/mol. The van der Waals surface area contributed by atoms with Crippen molar-refractivity contribution in [2.45, 2.75) is 37.1 Å². The predicted octanol–water partition coefficient (Wildman–Crippen LogP) is 3.39. The molecule has 0 bridgehead atoms. The standard InChI is InChI=1S/C22H28N2O3S/c1-17-4-3-12-24(17)13-11-18-5-7-19(8-6-18)20-9-10-22-21(16-20)27-15-14-23(2)28(22,25)26/h5-10,16-17H,3-4,11-15H2,1-2H3/t17-/m1/s1. The number of hydrogen-bond donors (Lipinski definition) is 0. The van der Waals surface area contributed by atoms with Gasteiger partial charge in [0.25, 0.3) is 0 Å². The number of sulfonamides is 1. The first kappa shape index (κ1) is 19.4. The van der Waals surface area contributed by atoms with Crippen LogP contribution in [-0.4, -0.2) is 57.0 Å². The molecule has 0 unspecified atom stereocenters. The summed E-state index contributed by atoms with van der Waals surface area (Å²) in [6, 6.07) is 14.6. The zero-order valence-electron chi connectivity index (χ0n) is 16.6. The molecule has 2 aromatic rings. The molecule has 1 atom stereocenters. The first-order valence-corrected chi connectivity index (χ1v) is 11.5. The summed E-state index contributed by atoms with van der Waals surface area (Å²) in [7, 11) is -1.89. The fourth-order valence-corrected chi connectivity index (χ4v) is 5.31. The number of fused-ring (bicyclic) bond motifs is 1. The fraction of sp³-hybridized carbons (Fsp3) is 0.455. The minimum absolute atomic E-state index is 0.243. The van der Waals surface area contributed by atoms with Gasteiger partial charge in [0.15, 0.2) is 0 Å². The van der Waals surface area contributed by atoms with Gasteiger partial charge in [-0.3, -0.25) is 0 Å². The highest BCUT2D eigenvalue weighted by atomic mass is 32.2. The molecule has 0 aromatic heterocycles. The smallest absolute Gasteiger partial charge is 0.246 e. The predicted molar refractivity (Wildman–Crippen MR) is 111 cm³/mol. The Bertz CT molecular complexity index is 941. The maximum Gasteiger partial charge on any atom is 0.246 e. The van der Waals surface area contributed by atoms with Crippen LogP contribution in [0, 0.1) is 0 Å². The summed E-state index contributed by atoms with van der Waals surface area (Å²) < 4.78 is 32.2. The molecule has 1 fully saturated rings. The first-order chi connectivity index (χ1) is 13.4. The summed E-state index contributed by atoms with van der Waals surface area (Å²) >= 11 is 0. The van der Waals surface area contributed by atoms with Crippen molar-refractivity contribution in [3.63, 3.8) is 0 Å². The molecule has 4 rings (SSSR count). The van der Waals surface area contributed by atoms with Crippen LogP contribution in [0.3, 0.4) is 0 Å². The molecule has 2 heterocycles. The fourth-order valence-electron chi connectivity index (χ4n) is 4.05. The van der Waals surface area contributed by atoms with E-state index in [2.05, 4.69) is 36.1 Å². The largest absolute Gasteiger partial charge is 0.491 e. The topological polar surface area (TPSA) is 49.9 Å². The van der Waals surface area contributed by atoms with Crippen LogP contribution < -0.4 is 4.74 Å². The van der Waals surface area contributed by atoms with Crippen molar-refractivity contribution in [3.05, 3.63) is 48.0 Å². The van der Waals surface area contributed by atoms with Crippen LogP contribution in [0.4, 0.5) is 0 Å². The Labute approximate surface area is 168 Å². The molecule has 1 saturated heterocycles. The zero-order valence-corrected chi connectivity index (χ0v) is 17.4. The Kier molecular flexibility index (Phi) is 5.45. The highest BCUT2D eigenvalue weighted by Crippen LogP contribution is 2.33. The highest BCUT2D eigenvalue weighted by molar-refractivity contribution is 7.89. The van der Waals surface area contributed by atoms with Crippen molar-refractivity contribution in [2.75, 3.05) is 33.3 Å². The summed E-state index contributed by atoms with van der Waals surface area (Å²) in [5.41, 5.74) is 3.37. The van der Waals surface area contributed by atoms with Crippen LogP contribution in [0.2, 0.25) is 0 Å². The summed E-state index contributed by atoms with van der Waals surface area (Å²) in [6.07, 6.45) is 3.68. The highest BCUT2D eigenvalue weighted by Gasteiger charge is 2.28. The molecule has 2 aliphatic rings. The Hall–Kier alpha value is -1.89.